The zero-order valence-corrected chi connectivity index (χ0v) is 19.4. The number of benzene rings is 3. The van der Waals surface area contributed by atoms with Crippen LogP contribution in [-0.4, -0.2) is 41.2 Å². The van der Waals surface area contributed by atoms with Gasteiger partial charge in [0, 0.05) is 25.5 Å². The van der Waals surface area contributed by atoms with Gasteiger partial charge in [0.05, 0.1) is 16.8 Å². The van der Waals surface area contributed by atoms with Gasteiger partial charge in [0.25, 0.3) is 0 Å². The molecule has 3 aromatic carbocycles. The molecule has 0 aliphatic rings. The number of nitrogens with zero attached hydrogens (tertiary/aromatic N) is 4. The highest BCUT2D eigenvalue weighted by atomic mass is 32.2. The molecule has 0 saturated heterocycles. The lowest BCUT2D eigenvalue weighted by Gasteiger charge is -2.19. The Morgan fingerprint density at radius 3 is 1.94 bits per heavy atom. The fourth-order valence-electron chi connectivity index (χ4n) is 3.40. The highest BCUT2D eigenvalue weighted by Crippen LogP contribution is 2.26. The van der Waals surface area contributed by atoms with Gasteiger partial charge in [-0.2, -0.15) is 0 Å². The maximum Gasteiger partial charge on any atom is 0.246 e. The van der Waals surface area contributed by atoms with Crippen LogP contribution in [0.1, 0.15) is 0 Å². The van der Waals surface area contributed by atoms with Crippen molar-refractivity contribution in [2.75, 3.05) is 29.6 Å². The van der Waals surface area contributed by atoms with Gasteiger partial charge in [0.2, 0.25) is 11.8 Å². The summed E-state index contributed by atoms with van der Waals surface area (Å²) in [6, 6.07) is 18.8. The van der Waals surface area contributed by atoms with Crippen molar-refractivity contribution in [3.05, 3.63) is 84.4 Å². The van der Waals surface area contributed by atoms with Crippen molar-refractivity contribution in [2.45, 2.75) is 11.7 Å². The molecule has 0 fully saturated rings. The van der Waals surface area contributed by atoms with Crippen LogP contribution >= 0.6 is 11.8 Å². The predicted molar refractivity (Wildman–Crippen MR) is 130 cm³/mol. The van der Waals surface area contributed by atoms with Crippen LogP contribution in [0.4, 0.5) is 20.2 Å². The van der Waals surface area contributed by atoms with E-state index in [1.807, 2.05) is 24.3 Å². The van der Waals surface area contributed by atoms with Crippen molar-refractivity contribution < 1.29 is 18.4 Å². The van der Waals surface area contributed by atoms with Gasteiger partial charge >= 0.3 is 0 Å². The van der Waals surface area contributed by atoms with Gasteiger partial charge in [0.15, 0.2) is 5.16 Å². The Labute approximate surface area is 199 Å². The van der Waals surface area contributed by atoms with E-state index in [1.165, 1.54) is 58.0 Å². The highest BCUT2D eigenvalue weighted by molar-refractivity contribution is 7.99. The molecule has 0 bridgehead atoms. The molecule has 0 unspecified atom stereocenters. The second kappa shape index (κ2) is 10.0. The minimum absolute atomic E-state index is 0.00127. The summed E-state index contributed by atoms with van der Waals surface area (Å²) >= 11 is 1.22. The van der Waals surface area contributed by atoms with Gasteiger partial charge in [-0.15, -0.1) is 0 Å². The third-order valence-corrected chi connectivity index (χ3v) is 6.37. The summed E-state index contributed by atoms with van der Waals surface area (Å²) in [5.41, 5.74) is 2.63. The Kier molecular flexibility index (Phi) is 6.93. The Morgan fingerprint density at radius 2 is 1.35 bits per heavy atom. The SMILES string of the molecule is CN(C(=O)CSc1nc2ccccc2n1CC(=O)N(C)c1ccc(F)cc1)c1ccc(F)cc1. The average molecular weight is 481 g/mol. The van der Waals surface area contributed by atoms with Gasteiger partial charge in [-0.3, -0.25) is 9.59 Å². The summed E-state index contributed by atoms with van der Waals surface area (Å²) < 4.78 is 28.2. The summed E-state index contributed by atoms with van der Waals surface area (Å²) in [5.74, 6) is -1.07. The molecule has 0 radical (unpaired) electrons. The second-order valence-corrected chi connectivity index (χ2v) is 8.56. The number of fused-ring (bicyclic) bond motifs is 1. The molecule has 0 saturated carbocycles. The Morgan fingerprint density at radius 1 is 0.824 bits per heavy atom. The van der Waals surface area contributed by atoms with Crippen LogP contribution in [-0.2, 0) is 16.1 Å². The van der Waals surface area contributed by atoms with Gasteiger partial charge in [-0.25, -0.2) is 13.8 Å². The first kappa shape index (κ1) is 23.4. The van der Waals surface area contributed by atoms with E-state index in [-0.39, 0.29) is 35.7 Å². The summed E-state index contributed by atoms with van der Waals surface area (Å²) in [5, 5.41) is 0.530. The third kappa shape index (κ3) is 5.09. The molecule has 0 N–H and O–H groups in total. The van der Waals surface area contributed by atoms with E-state index in [2.05, 4.69) is 4.98 Å². The maximum absolute atomic E-state index is 13.3. The van der Waals surface area contributed by atoms with E-state index in [0.717, 1.165) is 5.52 Å². The molecule has 174 valence electrons. The van der Waals surface area contributed by atoms with Crippen LogP contribution in [0.15, 0.2) is 78.0 Å². The molecular weight excluding hydrogens is 458 g/mol. The van der Waals surface area contributed by atoms with Crippen LogP contribution in [0.3, 0.4) is 0 Å². The van der Waals surface area contributed by atoms with Gasteiger partial charge < -0.3 is 14.4 Å². The minimum Gasteiger partial charge on any atom is -0.315 e. The van der Waals surface area contributed by atoms with Gasteiger partial charge in [-0.05, 0) is 60.7 Å². The number of carbonyl (C=O) groups excluding carboxylic acids is 2. The Bertz CT molecular complexity index is 1320. The molecule has 0 atom stereocenters. The standard InChI is InChI=1S/C25H22F2N4O2S/c1-29(19-11-7-17(26)8-12-19)23(32)15-31-22-6-4-3-5-21(22)28-25(31)34-16-24(33)30(2)20-13-9-18(27)10-14-20/h3-14H,15-16H2,1-2H3. The number of para-hydroxylation sites is 2. The molecule has 34 heavy (non-hydrogen) atoms. The van der Waals surface area contributed by atoms with Crippen LogP contribution in [0.5, 0.6) is 0 Å². The lowest BCUT2D eigenvalue weighted by molar-refractivity contribution is -0.119. The van der Waals surface area contributed by atoms with Crippen molar-refractivity contribution in [3.8, 4) is 0 Å². The molecule has 4 aromatic rings. The van der Waals surface area contributed by atoms with E-state index in [1.54, 1.807) is 30.8 Å². The molecule has 6 nitrogen and oxygen atoms in total. The quantitative estimate of drug-likeness (QED) is 0.359. The highest BCUT2D eigenvalue weighted by Gasteiger charge is 2.19. The van der Waals surface area contributed by atoms with Gasteiger partial charge in [-0.1, -0.05) is 23.9 Å². The summed E-state index contributed by atoms with van der Waals surface area (Å²) in [4.78, 5) is 33.3. The number of halogens is 2. The first-order valence-corrected chi connectivity index (χ1v) is 11.4. The number of amides is 2. The predicted octanol–water partition coefficient (Wildman–Crippen LogP) is 4.73. The number of aromatic nitrogens is 2. The second-order valence-electron chi connectivity index (χ2n) is 7.62. The Balaban J connectivity index is 1.53. The minimum atomic E-state index is -0.376. The maximum atomic E-state index is 13.3. The number of likely N-dealkylation sites (N-methyl/N-ethyl adjacent to an activating group) is 1. The first-order valence-electron chi connectivity index (χ1n) is 10.5. The number of thioether (sulfide) groups is 1. The molecule has 2 amide bonds. The van der Waals surface area contributed by atoms with Crippen LogP contribution in [0, 0.1) is 11.6 Å². The molecule has 0 spiro atoms. The van der Waals surface area contributed by atoms with Crippen LogP contribution in [0.25, 0.3) is 11.0 Å². The normalized spacial score (nSPS) is 10.9. The largest absolute Gasteiger partial charge is 0.315 e. The lowest BCUT2D eigenvalue weighted by atomic mass is 10.3. The van der Waals surface area contributed by atoms with E-state index >= 15 is 0 Å². The summed E-state index contributed by atoms with van der Waals surface area (Å²) in [6.07, 6.45) is 0. The molecule has 9 heteroatoms. The molecule has 0 aliphatic heterocycles. The fraction of sp³-hybridized carbons (Fsp3) is 0.160. The first-order chi connectivity index (χ1) is 16.3. The van der Waals surface area contributed by atoms with Crippen molar-refractivity contribution in [1.29, 1.82) is 0 Å². The van der Waals surface area contributed by atoms with E-state index < -0.39 is 0 Å². The van der Waals surface area contributed by atoms with Crippen LogP contribution in [0.2, 0.25) is 0 Å². The van der Waals surface area contributed by atoms with Crippen molar-refractivity contribution in [3.63, 3.8) is 0 Å². The number of anilines is 2. The Hall–Kier alpha value is -3.72. The van der Waals surface area contributed by atoms with Gasteiger partial charge in [0.1, 0.15) is 18.2 Å². The van der Waals surface area contributed by atoms with E-state index in [4.69, 9.17) is 0 Å². The molecule has 1 aromatic heterocycles. The molecular formula is C25H22F2N4O2S. The summed E-state index contributed by atoms with van der Waals surface area (Å²) in [7, 11) is 3.25. The van der Waals surface area contributed by atoms with E-state index in [9.17, 15) is 18.4 Å². The summed E-state index contributed by atoms with van der Waals surface area (Å²) in [6.45, 7) is -0.00127. The molecule has 0 aliphatic carbocycles. The fourth-order valence-corrected chi connectivity index (χ4v) is 4.33. The van der Waals surface area contributed by atoms with E-state index in [0.29, 0.717) is 22.0 Å². The number of carbonyl (C=O) groups is 2. The van der Waals surface area contributed by atoms with Crippen molar-refractivity contribution in [1.82, 2.24) is 9.55 Å². The topological polar surface area (TPSA) is 58.4 Å². The number of imidazole rings is 1. The number of hydrogen-bond acceptors (Lipinski definition) is 4. The third-order valence-electron chi connectivity index (χ3n) is 5.41. The van der Waals surface area contributed by atoms with Crippen molar-refractivity contribution >= 4 is 46.0 Å². The zero-order chi connectivity index (χ0) is 24.2. The zero-order valence-electron chi connectivity index (χ0n) is 18.6. The number of hydrogen-bond donors (Lipinski definition) is 0. The lowest BCUT2D eigenvalue weighted by Crippen LogP contribution is -2.30. The van der Waals surface area contributed by atoms with Crippen LogP contribution < -0.4 is 9.80 Å². The molecule has 4 rings (SSSR count). The van der Waals surface area contributed by atoms with Crippen molar-refractivity contribution in [2.24, 2.45) is 0 Å². The monoisotopic (exact) mass is 480 g/mol. The smallest absolute Gasteiger partial charge is 0.246 e. The molecule has 1 heterocycles. The number of rotatable bonds is 7. The average Bonchev–Trinajstić information content (AvgIpc) is 3.19.